The molecule has 0 aliphatic heterocycles. The minimum absolute atomic E-state index is 0. The molecule has 1 aliphatic carbocycles. The van der Waals surface area contributed by atoms with Gasteiger partial charge in [-0.25, -0.2) is 4.39 Å². The lowest BCUT2D eigenvalue weighted by Crippen LogP contribution is -2.31. The molecule has 1 atom stereocenters. The van der Waals surface area contributed by atoms with Crippen molar-refractivity contribution in [3.8, 4) is 5.75 Å². The van der Waals surface area contributed by atoms with E-state index in [0.29, 0.717) is 6.61 Å². The number of carbonyl (C=O) groups excluding carboxylic acids is 1. The van der Waals surface area contributed by atoms with Gasteiger partial charge in [0.15, 0.2) is 11.6 Å². The van der Waals surface area contributed by atoms with Gasteiger partial charge in [-0.3, -0.25) is 4.79 Å². The molecule has 2 aromatic carbocycles. The number of halogens is 2. The maximum absolute atomic E-state index is 13.9. The Balaban J connectivity index is 0.00000225. The second-order valence-electron chi connectivity index (χ2n) is 5.93. The van der Waals surface area contributed by atoms with Crippen LogP contribution in [0.15, 0.2) is 36.4 Å². The van der Waals surface area contributed by atoms with Gasteiger partial charge in [-0.2, -0.15) is 0 Å². The molecular formula is C19H22ClFN2O2. The number of fused-ring (bicyclic) bond motifs is 1. The van der Waals surface area contributed by atoms with E-state index in [2.05, 4.69) is 5.32 Å². The molecule has 0 heterocycles. The van der Waals surface area contributed by atoms with Crippen molar-refractivity contribution in [2.45, 2.75) is 32.2 Å². The van der Waals surface area contributed by atoms with E-state index in [9.17, 15) is 9.18 Å². The van der Waals surface area contributed by atoms with Gasteiger partial charge in [0.05, 0.1) is 18.2 Å². The number of benzene rings is 2. The molecule has 2 aromatic rings. The predicted octanol–water partition coefficient (Wildman–Crippen LogP) is 4.04. The van der Waals surface area contributed by atoms with Crippen LogP contribution in [0.25, 0.3) is 0 Å². The summed E-state index contributed by atoms with van der Waals surface area (Å²) < 4.78 is 19.3. The predicted molar refractivity (Wildman–Crippen MR) is 98.8 cm³/mol. The number of amides is 1. The van der Waals surface area contributed by atoms with Crippen molar-refractivity contribution >= 4 is 24.0 Å². The van der Waals surface area contributed by atoms with Crippen molar-refractivity contribution < 1.29 is 13.9 Å². The number of nitrogen functional groups attached to an aromatic ring is 1. The summed E-state index contributed by atoms with van der Waals surface area (Å²) >= 11 is 0. The van der Waals surface area contributed by atoms with Crippen LogP contribution < -0.4 is 15.8 Å². The van der Waals surface area contributed by atoms with E-state index in [4.69, 9.17) is 10.5 Å². The van der Waals surface area contributed by atoms with Gasteiger partial charge in [0, 0.05) is 5.69 Å². The highest BCUT2D eigenvalue weighted by atomic mass is 35.5. The van der Waals surface area contributed by atoms with E-state index >= 15 is 0 Å². The molecular weight excluding hydrogens is 343 g/mol. The van der Waals surface area contributed by atoms with Crippen LogP contribution in [0, 0.1) is 5.82 Å². The molecule has 6 heteroatoms. The lowest BCUT2D eigenvalue weighted by atomic mass is 9.87. The van der Waals surface area contributed by atoms with E-state index < -0.39 is 5.82 Å². The highest BCUT2D eigenvalue weighted by molar-refractivity contribution is 5.97. The molecule has 4 nitrogen and oxygen atoms in total. The number of ether oxygens (including phenoxy) is 1. The number of aryl methyl sites for hydroxylation is 1. The van der Waals surface area contributed by atoms with Gasteiger partial charge in [0.2, 0.25) is 0 Å². The number of carbonyl (C=O) groups is 1. The number of hydrogen-bond donors (Lipinski definition) is 2. The first-order chi connectivity index (χ1) is 11.6. The molecule has 25 heavy (non-hydrogen) atoms. The van der Waals surface area contributed by atoms with Gasteiger partial charge < -0.3 is 15.8 Å². The highest BCUT2D eigenvalue weighted by Gasteiger charge is 2.24. The zero-order valence-corrected chi connectivity index (χ0v) is 14.9. The Morgan fingerprint density at radius 2 is 2.16 bits per heavy atom. The summed E-state index contributed by atoms with van der Waals surface area (Å²) in [6.45, 7) is 2.06. The maximum Gasteiger partial charge on any atom is 0.255 e. The second-order valence-corrected chi connectivity index (χ2v) is 5.93. The molecule has 1 unspecified atom stereocenters. The number of nitrogens with one attached hydrogen (secondary N) is 1. The molecule has 134 valence electrons. The molecule has 3 rings (SSSR count). The Bertz CT molecular complexity index is 767. The zero-order valence-electron chi connectivity index (χ0n) is 14.0. The monoisotopic (exact) mass is 364 g/mol. The molecule has 1 amide bonds. The van der Waals surface area contributed by atoms with Crippen LogP contribution in [0.4, 0.5) is 10.1 Å². The second kappa shape index (κ2) is 8.21. The summed E-state index contributed by atoms with van der Waals surface area (Å²) in [5.74, 6) is -0.847. The van der Waals surface area contributed by atoms with Crippen LogP contribution >= 0.6 is 12.4 Å². The molecule has 0 radical (unpaired) electrons. The fourth-order valence-corrected chi connectivity index (χ4v) is 3.20. The molecule has 0 bridgehead atoms. The molecule has 0 saturated carbocycles. The summed E-state index contributed by atoms with van der Waals surface area (Å²) in [5, 5.41) is 3.01. The van der Waals surface area contributed by atoms with Crippen LogP contribution in [-0.4, -0.2) is 12.5 Å². The first-order valence-corrected chi connectivity index (χ1v) is 8.20. The fourth-order valence-electron chi connectivity index (χ4n) is 3.20. The van der Waals surface area contributed by atoms with E-state index in [-0.39, 0.29) is 35.7 Å². The third kappa shape index (κ3) is 4.04. The number of rotatable bonds is 4. The quantitative estimate of drug-likeness (QED) is 0.805. The van der Waals surface area contributed by atoms with Gasteiger partial charge in [-0.1, -0.05) is 12.1 Å². The Morgan fingerprint density at radius 1 is 1.36 bits per heavy atom. The van der Waals surface area contributed by atoms with E-state index in [1.165, 1.54) is 12.1 Å². The van der Waals surface area contributed by atoms with Crippen LogP contribution in [0.3, 0.4) is 0 Å². The first kappa shape index (κ1) is 19.1. The van der Waals surface area contributed by atoms with Gasteiger partial charge in [0.25, 0.3) is 5.91 Å². The number of anilines is 1. The third-order valence-electron chi connectivity index (χ3n) is 4.29. The van der Waals surface area contributed by atoms with Gasteiger partial charge in [-0.05, 0) is 61.6 Å². The van der Waals surface area contributed by atoms with Gasteiger partial charge in [0.1, 0.15) is 0 Å². The minimum atomic E-state index is -0.527. The molecule has 0 fully saturated rings. The highest BCUT2D eigenvalue weighted by Crippen LogP contribution is 2.32. The molecule has 1 aliphatic rings. The van der Waals surface area contributed by atoms with Crippen LogP contribution in [0.2, 0.25) is 0 Å². The molecule has 0 spiro atoms. The minimum Gasteiger partial charge on any atom is -0.490 e. The van der Waals surface area contributed by atoms with Crippen LogP contribution in [0.5, 0.6) is 5.75 Å². The van der Waals surface area contributed by atoms with Crippen molar-refractivity contribution in [1.82, 2.24) is 5.32 Å². The van der Waals surface area contributed by atoms with Crippen LogP contribution in [-0.2, 0) is 6.42 Å². The lowest BCUT2D eigenvalue weighted by Gasteiger charge is -2.27. The van der Waals surface area contributed by atoms with Crippen molar-refractivity contribution in [2.75, 3.05) is 12.3 Å². The third-order valence-corrected chi connectivity index (χ3v) is 4.29. The summed E-state index contributed by atoms with van der Waals surface area (Å²) in [5.41, 5.74) is 9.04. The Morgan fingerprint density at radius 3 is 2.92 bits per heavy atom. The van der Waals surface area contributed by atoms with Crippen molar-refractivity contribution in [3.05, 3.63) is 58.9 Å². The summed E-state index contributed by atoms with van der Waals surface area (Å²) in [6, 6.07) is 10.1. The molecule has 3 N–H and O–H groups in total. The Kier molecular flexibility index (Phi) is 6.26. The van der Waals surface area contributed by atoms with E-state index in [1.807, 2.05) is 18.2 Å². The normalized spacial score (nSPS) is 15.7. The number of hydrogen-bond acceptors (Lipinski definition) is 3. The summed E-state index contributed by atoms with van der Waals surface area (Å²) in [7, 11) is 0. The first-order valence-electron chi connectivity index (χ1n) is 8.20. The van der Waals surface area contributed by atoms with Gasteiger partial charge >= 0.3 is 0 Å². The molecule has 0 saturated heterocycles. The van der Waals surface area contributed by atoms with E-state index in [0.717, 1.165) is 36.1 Å². The largest absolute Gasteiger partial charge is 0.490 e. The van der Waals surface area contributed by atoms with Crippen molar-refractivity contribution in [1.29, 1.82) is 0 Å². The summed E-state index contributed by atoms with van der Waals surface area (Å²) in [4.78, 5) is 12.7. The average molecular weight is 365 g/mol. The van der Waals surface area contributed by atoms with Crippen molar-refractivity contribution in [2.24, 2.45) is 0 Å². The van der Waals surface area contributed by atoms with Crippen LogP contribution in [0.1, 0.15) is 47.3 Å². The fraction of sp³-hybridized carbons (Fsp3) is 0.316. The maximum atomic E-state index is 13.9. The summed E-state index contributed by atoms with van der Waals surface area (Å²) in [6.07, 6.45) is 2.78. The Labute approximate surface area is 153 Å². The average Bonchev–Trinajstić information content (AvgIpc) is 2.56. The standard InChI is InChI=1S/C19H21FN2O2.ClH/c1-2-24-18-15(6-4-7-16(18)20)19(23)22-17-8-3-5-12-11-13(21)9-10-14(12)17;/h4,6-7,9-11,17H,2-3,5,8,21H2,1H3,(H,22,23);1H. The van der Waals surface area contributed by atoms with Gasteiger partial charge in [-0.15, -0.1) is 12.4 Å². The smallest absolute Gasteiger partial charge is 0.255 e. The molecule has 0 aromatic heterocycles. The van der Waals surface area contributed by atoms with Crippen molar-refractivity contribution in [3.63, 3.8) is 0 Å². The SMILES string of the molecule is CCOc1c(F)cccc1C(=O)NC1CCCc2cc(N)ccc21.Cl. The zero-order chi connectivity index (χ0) is 17.1. The number of para-hydroxylation sites is 1. The Hall–Kier alpha value is -2.27. The number of nitrogens with two attached hydrogens (primary N) is 1. The van der Waals surface area contributed by atoms with E-state index in [1.54, 1.807) is 13.0 Å². The lowest BCUT2D eigenvalue weighted by molar-refractivity contribution is 0.0928. The topological polar surface area (TPSA) is 64.3 Å².